The van der Waals surface area contributed by atoms with E-state index < -0.39 is 27.8 Å². The molecule has 0 aromatic carbocycles. The normalized spacial score (nSPS) is 25.3. The summed E-state index contributed by atoms with van der Waals surface area (Å²) >= 11 is 1.17. The lowest BCUT2D eigenvalue weighted by molar-refractivity contribution is -0.142. The van der Waals surface area contributed by atoms with Gasteiger partial charge in [-0.3, -0.25) is 9.59 Å². The molecule has 3 rings (SSSR count). The number of sulfonamides is 1. The van der Waals surface area contributed by atoms with Gasteiger partial charge in [-0.15, -0.1) is 11.3 Å². The Morgan fingerprint density at radius 2 is 1.96 bits per heavy atom. The number of thiophene rings is 1. The van der Waals surface area contributed by atoms with Gasteiger partial charge in [0.15, 0.2) is 0 Å². The second-order valence-corrected chi connectivity index (χ2v) is 8.83. The van der Waals surface area contributed by atoms with Crippen LogP contribution < -0.4 is 4.72 Å². The highest BCUT2D eigenvalue weighted by Crippen LogP contribution is 2.40. The highest BCUT2D eigenvalue weighted by atomic mass is 32.2. The van der Waals surface area contributed by atoms with Crippen LogP contribution in [-0.2, 0) is 19.6 Å². The van der Waals surface area contributed by atoms with Crippen molar-refractivity contribution in [3.05, 3.63) is 17.5 Å². The number of carboxylic acids is 1. The summed E-state index contributed by atoms with van der Waals surface area (Å²) in [7, 11) is -3.49. The van der Waals surface area contributed by atoms with Crippen LogP contribution in [-0.4, -0.2) is 49.4 Å². The number of hydrogen-bond acceptors (Lipinski definition) is 5. The van der Waals surface area contributed by atoms with Crippen LogP contribution in [0.5, 0.6) is 0 Å². The number of piperidine rings is 1. The number of amides is 1. The van der Waals surface area contributed by atoms with Crippen molar-refractivity contribution < 1.29 is 23.1 Å². The summed E-state index contributed by atoms with van der Waals surface area (Å²) in [4.78, 5) is 24.7. The molecule has 1 aliphatic carbocycles. The molecule has 1 saturated heterocycles. The minimum Gasteiger partial charge on any atom is -0.481 e. The average molecular weight is 358 g/mol. The van der Waals surface area contributed by atoms with Gasteiger partial charge in [0, 0.05) is 19.1 Å². The fourth-order valence-electron chi connectivity index (χ4n) is 2.89. The molecule has 7 nitrogen and oxygen atoms in total. The Morgan fingerprint density at radius 1 is 1.26 bits per heavy atom. The highest BCUT2D eigenvalue weighted by Gasteiger charge is 2.50. The zero-order chi connectivity index (χ0) is 16.6. The summed E-state index contributed by atoms with van der Waals surface area (Å²) in [6, 6.07) is 3.06. The Balaban J connectivity index is 1.51. The lowest BCUT2D eigenvalue weighted by Gasteiger charge is -2.32. The molecule has 2 atom stereocenters. The van der Waals surface area contributed by atoms with Crippen LogP contribution in [0.15, 0.2) is 21.7 Å². The SMILES string of the molecule is O=C(O)C1CC1C(=O)N1CCC(NS(=O)(=O)c2cccs2)CC1. The summed E-state index contributed by atoms with van der Waals surface area (Å²) in [6.07, 6.45) is 1.50. The van der Waals surface area contributed by atoms with Gasteiger partial charge < -0.3 is 10.0 Å². The largest absolute Gasteiger partial charge is 0.481 e. The van der Waals surface area contributed by atoms with Gasteiger partial charge in [0.25, 0.3) is 0 Å². The predicted molar refractivity (Wildman–Crippen MR) is 83.5 cm³/mol. The second-order valence-electron chi connectivity index (χ2n) is 5.94. The van der Waals surface area contributed by atoms with Crippen LogP contribution >= 0.6 is 11.3 Å². The standard InChI is InChI=1S/C14H18N2O5S2/c17-13(10-8-11(10)14(18)19)16-5-3-9(4-6-16)15-23(20,21)12-2-1-7-22-12/h1-2,7,9-11,15H,3-6,8H2,(H,18,19). The minimum absolute atomic E-state index is 0.114. The molecule has 2 unspecified atom stereocenters. The topological polar surface area (TPSA) is 104 Å². The van der Waals surface area contributed by atoms with Crippen LogP contribution in [0.1, 0.15) is 19.3 Å². The molecule has 2 N–H and O–H groups in total. The molecule has 2 heterocycles. The first-order valence-electron chi connectivity index (χ1n) is 7.46. The molecule has 1 saturated carbocycles. The first-order valence-corrected chi connectivity index (χ1v) is 9.82. The highest BCUT2D eigenvalue weighted by molar-refractivity contribution is 7.91. The van der Waals surface area contributed by atoms with Gasteiger partial charge >= 0.3 is 5.97 Å². The van der Waals surface area contributed by atoms with E-state index in [-0.39, 0.29) is 11.9 Å². The predicted octanol–water partition coefficient (Wildman–Crippen LogP) is 0.738. The maximum Gasteiger partial charge on any atom is 0.307 e. The van der Waals surface area contributed by atoms with Crippen molar-refractivity contribution >= 4 is 33.2 Å². The lowest BCUT2D eigenvalue weighted by Crippen LogP contribution is -2.47. The quantitative estimate of drug-likeness (QED) is 0.808. The molecule has 2 fully saturated rings. The lowest BCUT2D eigenvalue weighted by atomic mass is 10.1. The molecule has 0 spiro atoms. The fourth-order valence-corrected chi connectivity index (χ4v) is 5.20. The minimum atomic E-state index is -3.49. The number of carboxylic acid groups (broad SMARTS) is 1. The first-order chi connectivity index (χ1) is 10.9. The summed E-state index contributed by atoms with van der Waals surface area (Å²) in [5.74, 6) is -1.97. The van der Waals surface area contributed by atoms with E-state index in [1.54, 1.807) is 22.4 Å². The molecule has 126 valence electrons. The number of nitrogens with one attached hydrogen (secondary N) is 1. The number of rotatable bonds is 5. The van der Waals surface area contributed by atoms with E-state index in [0.29, 0.717) is 36.6 Å². The van der Waals surface area contributed by atoms with Gasteiger partial charge in [-0.25, -0.2) is 13.1 Å². The number of carbonyl (C=O) groups is 2. The molecule has 2 aliphatic rings. The van der Waals surface area contributed by atoms with Gasteiger partial charge in [0.1, 0.15) is 4.21 Å². The third-order valence-corrected chi connectivity index (χ3v) is 7.23. The second kappa shape index (κ2) is 6.21. The summed E-state index contributed by atoms with van der Waals surface area (Å²) in [6.45, 7) is 0.915. The van der Waals surface area contributed by atoms with E-state index in [1.165, 1.54) is 11.3 Å². The third kappa shape index (κ3) is 3.56. The Labute approximate surface area is 138 Å². The van der Waals surface area contributed by atoms with E-state index in [1.807, 2.05) is 0 Å². The monoisotopic (exact) mass is 358 g/mol. The zero-order valence-electron chi connectivity index (χ0n) is 12.3. The molecule has 0 radical (unpaired) electrons. The van der Waals surface area contributed by atoms with Crippen molar-refractivity contribution in [3.8, 4) is 0 Å². The maximum atomic E-state index is 12.2. The van der Waals surface area contributed by atoms with Crippen molar-refractivity contribution in [1.82, 2.24) is 9.62 Å². The smallest absolute Gasteiger partial charge is 0.307 e. The van der Waals surface area contributed by atoms with Gasteiger partial charge in [0.05, 0.1) is 11.8 Å². The van der Waals surface area contributed by atoms with Crippen LogP contribution in [0.3, 0.4) is 0 Å². The van der Waals surface area contributed by atoms with Crippen molar-refractivity contribution in [2.75, 3.05) is 13.1 Å². The molecule has 9 heteroatoms. The Kier molecular flexibility index (Phi) is 4.43. The molecular weight excluding hydrogens is 340 g/mol. The van der Waals surface area contributed by atoms with E-state index >= 15 is 0 Å². The molecule has 0 bridgehead atoms. The number of nitrogens with zero attached hydrogens (tertiary/aromatic N) is 1. The Hall–Kier alpha value is -1.45. The van der Waals surface area contributed by atoms with E-state index in [4.69, 9.17) is 5.11 Å². The van der Waals surface area contributed by atoms with Crippen molar-refractivity contribution in [2.45, 2.75) is 29.5 Å². The van der Waals surface area contributed by atoms with Gasteiger partial charge in [-0.1, -0.05) is 6.07 Å². The summed E-state index contributed by atoms with van der Waals surface area (Å²) in [5.41, 5.74) is 0. The van der Waals surface area contributed by atoms with Crippen LogP contribution in [0.4, 0.5) is 0 Å². The summed E-state index contributed by atoms with van der Waals surface area (Å²) < 4.78 is 27.3. The van der Waals surface area contributed by atoms with E-state index in [9.17, 15) is 18.0 Å². The Bertz CT molecular complexity index is 693. The van der Waals surface area contributed by atoms with Crippen molar-refractivity contribution in [3.63, 3.8) is 0 Å². The first kappa shape index (κ1) is 16.4. The van der Waals surface area contributed by atoms with Gasteiger partial charge in [-0.2, -0.15) is 0 Å². The van der Waals surface area contributed by atoms with Crippen LogP contribution in [0.2, 0.25) is 0 Å². The number of carbonyl (C=O) groups excluding carboxylic acids is 1. The van der Waals surface area contributed by atoms with Crippen molar-refractivity contribution in [2.24, 2.45) is 11.8 Å². The van der Waals surface area contributed by atoms with Gasteiger partial charge in [-0.05, 0) is 30.7 Å². The summed E-state index contributed by atoms with van der Waals surface area (Å²) in [5, 5.41) is 10.6. The number of likely N-dealkylation sites (tertiary alicyclic amines) is 1. The molecule has 1 aromatic rings. The molecular formula is C14H18N2O5S2. The molecule has 1 aliphatic heterocycles. The van der Waals surface area contributed by atoms with Crippen LogP contribution in [0, 0.1) is 11.8 Å². The fraction of sp³-hybridized carbons (Fsp3) is 0.571. The molecule has 1 amide bonds. The number of aliphatic carboxylic acids is 1. The third-order valence-electron chi connectivity index (χ3n) is 4.31. The number of hydrogen-bond donors (Lipinski definition) is 2. The average Bonchev–Trinajstić information content (AvgIpc) is 3.11. The van der Waals surface area contributed by atoms with Crippen molar-refractivity contribution in [1.29, 1.82) is 0 Å². The zero-order valence-corrected chi connectivity index (χ0v) is 14.0. The van der Waals surface area contributed by atoms with Crippen LogP contribution in [0.25, 0.3) is 0 Å². The van der Waals surface area contributed by atoms with E-state index in [2.05, 4.69) is 4.72 Å². The molecule has 23 heavy (non-hydrogen) atoms. The Morgan fingerprint density at radius 3 is 2.48 bits per heavy atom. The maximum absolute atomic E-state index is 12.2. The van der Waals surface area contributed by atoms with Gasteiger partial charge in [0.2, 0.25) is 15.9 Å². The molecule has 1 aromatic heterocycles. The van der Waals surface area contributed by atoms with E-state index in [0.717, 1.165) is 0 Å².